The van der Waals surface area contributed by atoms with E-state index < -0.39 is 16.0 Å². The van der Waals surface area contributed by atoms with Crippen LogP contribution in [0.2, 0.25) is 0 Å². The van der Waals surface area contributed by atoms with Gasteiger partial charge in [0.2, 0.25) is 10.0 Å². The summed E-state index contributed by atoms with van der Waals surface area (Å²) in [5.41, 5.74) is 2.44. The largest absolute Gasteiger partial charge is 0.454 e. The molecule has 2 aliphatic rings. The number of benzene rings is 2. The van der Waals surface area contributed by atoms with E-state index in [0.717, 1.165) is 0 Å². The molecular weight excluding hydrogens is 466 g/mol. The van der Waals surface area contributed by atoms with Crippen molar-refractivity contribution in [2.75, 3.05) is 32.9 Å². The summed E-state index contributed by atoms with van der Waals surface area (Å²) in [4.78, 5) is 24.7. The maximum Gasteiger partial charge on any atom is 0.331 e. The van der Waals surface area contributed by atoms with Gasteiger partial charge in [-0.2, -0.15) is 4.31 Å². The summed E-state index contributed by atoms with van der Waals surface area (Å²) in [6.07, 6.45) is 8.96. The fourth-order valence-corrected chi connectivity index (χ4v) is 5.90. The molecule has 2 aromatic rings. The molecule has 0 unspecified atom stereocenters. The van der Waals surface area contributed by atoms with Crippen molar-refractivity contribution < 1.29 is 27.5 Å². The van der Waals surface area contributed by atoms with Crippen LogP contribution < -0.4 is 0 Å². The molecule has 0 amide bonds. The molecule has 1 aliphatic heterocycles. The second-order valence-electron chi connectivity index (χ2n) is 8.91. The number of ether oxygens (including phenoxy) is 2. The lowest BCUT2D eigenvalue weighted by molar-refractivity contribution is -0.136. The molecule has 7 nitrogen and oxygen atoms in total. The molecule has 0 aromatic heterocycles. The van der Waals surface area contributed by atoms with Gasteiger partial charge < -0.3 is 9.47 Å². The predicted octanol–water partition coefficient (Wildman–Crippen LogP) is 4.19. The molecule has 0 N–H and O–H groups in total. The van der Waals surface area contributed by atoms with E-state index in [1.165, 1.54) is 66.3 Å². The van der Waals surface area contributed by atoms with Crippen molar-refractivity contribution in [2.24, 2.45) is 0 Å². The molecule has 35 heavy (non-hydrogen) atoms. The second kappa shape index (κ2) is 11.7. The van der Waals surface area contributed by atoms with Crippen LogP contribution in [0.3, 0.4) is 0 Å². The van der Waals surface area contributed by atoms with Crippen molar-refractivity contribution >= 4 is 27.9 Å². The fourth-order valence-electron chi connectivity index (χ4n) is 4.50. The number of hydrogen-bond acceptors (Lipinski definition) is 6. The van der Waals surface area contributed by atoms with Crippen LogP contribution in [0.5, 0.6) is 0 Å². The van der Waals surface area contributed by atoms with Crippen LogP contribution >= 0.6 is 0 Å². The van der Waals surface area contributed by atoms with Gasteiger partial charge in [-0.3, -0.25) is 4.79 Å². The van der Waals surface area contributed by atoms with Gasteiger partial charge in [-0.25, -0.2) is 13.2 Å². The molecule has 1 saturated carbocycles. The lowest BCUT2D eigenvalue weighted by Gasteiger charge is -2.26. The molecule has 2 aromatic carbocycles. The third-order valence-corrected chi connectivity index (χ3v) is 8.47. The number of Topliss-reactive ketones (excluding diaryl/α,β-unsaturated/α-hetero) is 1. The Bertz CT molecular complexity index is 1140. The smallest absolute Gasteiger partial charge is 0.331 e. The Morgan fingerprint density at radius 3 is 2.26 bits per heavy atom. The number of carbonyl (C=O) groups excluding carboxylic acids is 2. The van der Waals surface area contributed by atoms with E-state index in [9.17, 15) is 18.0 Å². The number of nitrogens with zero attached hydrogens (tertiary/aromatic N) is 1. The number of morpholine rings is 1. The molecule has 1 heterocycles. The predicted molar refractivity (Wildman–Crippen MR) is 133 cm³/mol. The van der Waals surface area contributed by atoms with Gasteiger partial charge in [0.25, 0.3) is 0 Å². The first-order valence-electron chi connectivity index (χ1n) is 12.1. The number of esters is 1. The highest BCUT2D eigenvalue weighted by molar-refractivity contribution is 7.89. The minimum Gasteiger partial charge on any atom is -0.454 e. The van der Waals surface area contributed by atoms with E-state index in [-0.39, 0.29) is 17.3 Å². The zero-order valence-electron chi connectivity index (χ0n) is 19.7. The average Bonchev–Trinajstić information content (AvgIpc) is 2.92. The zero-order valence-corrected chi connectivity index (χ0v) is 20.5. The van der Waals surface area contributed by atoms with Crippen molar-refractivity contribution in [1.82, 2.24) is 4.31 Å². The second-order valence-corrected chi connectivity index (χ2v) is 10.8. The lowest BCUT2D eigenvalue weighted by Crippen LogP contribution is -2.40. The van der Waals surface area contributed by atoms with Crippen LogP contribution in [-0.2, 0) is 24.3 Å². The van der Waals surface area contributed by atoms with Crippen LogP contribution in [0, 0.1) is 0 Å². The van der Waals surface area contributed by atoms with E-state index in [4.69, 9.17) is 9.47 Å². The third-order valence-electron chi connectivity index (χ3n) is 6.55. The van der Waals surface area contributed by atoms with Crippen LogP contribution in [0.4, 0.5) is 0 Å². The summed E-state index contributed by atoms with van der Waals surface area (Å²) in [5.74, 6) is -0.314. The summed E-state index contributed by atoms with van der Waals surface area (Å²) in [7, 11) is -3.56. The summed E-state index contributed by atoms with van der Waals surface area (Å²) in [5, 5.41) is 0. The van der Waals surface area contributed by atoms with Crippen LogP contribution in [0.1, 0.15) is 59.5 Å². The number of ketones is 1. The summed E-state index contributed by atoms with van der Waals surface area (Å²) in [6, 6.07) is 13.9. The Morgan fingerprint density at radius 2 is 1.60 bits per heavy atom. The first-order chi connectivity index (χ1) is 16.9. The molecule has 0 atom stereocenters. The van der Waals surface area contributed by atoms with Crippen molar-refractivity contribution in [2.45, 2.75) is 42.9 Å². The van der Waals surface area contributed by atoms with Gasteiger partial charge in [-0.05, 0) is 48.1 Å². The highest BCUT2D eigenvalue weighted by Crippen LogP contribution is 2.32. The zero-order chi connectivity index (χ0) is 24.7. The highest BCUT2D eigenvalue weighted by atomic mass is 32.2. The van der Waals surface area contributed by atoms with E-state index in [1.807, 2.05) is 24.3 Å². The normalized spacial score (nSPS) is 17.9. The van der Waals surface area contributed by atoms with Crippen molar-refractivity contribution in [1.29, 1.82) is 0 Å². The molecule has 2 fully saturated rings. The molecule has 1 saturated heterocycles. The minimum absolute atomic E-state index is 0.194. The first-order valence-corrected chi connectivity index (χ1v) is 13.5. The van der Waals surface area contributed by atoms with Gasteiger partial charge in [0.05, 0.1) is 18.1 Å². The van der Waals surface area contributed by atoms with E-state index in [0.29, 0.717) is 43.3 Å². The monoisotopic (exact) mass is 497 g/mol. The van der Waals surface area contributed by atoms with Gasteiger partial charge in [0.1, 0.15) is 0 Å². The Balaban J connectivity index is 1.27. The first kappa shape index (κ1) is 25.3. The summed E-state index contributed by atoms with van der Waals surface area (Å²) < 4.78 is 37.1. The summed E-state index contributed by atoms with van der Waals surface area (Å²) in [6.45, 7) is 1.11. The number of rotatable bonds is 8. The molecule has 4 rings (SSSR count). The van der Waals surface area contributed by atoms with Gasteiger partial charge >= 0.3 is 5.97 Å². The lowest BCUT2D eigenvalue weighted by atomic mass is 9.84. The van der Waals surface area contributed by atoms with Crippen molar-refractivity contribution in [3.63, 3.8) is 0 Å². The maximum absolute atomic E-state index is 12.7. The van der Waals surface area contributed by atoms with Crippen molar-refractivity contribution in [3.8, 4) is 0 Å². The molecule has 186 valence electrons. The summed E-state index contributed by atoms with van der Waals surface area (Å²) >= 11 is 0. The van der Waals surface area contributed by atoms with Gasteiger partial charge in [0, 0.05) is 24.7 Å². The Morgan fingerprint density at radius 1 is 0.943 bits per heavy atom. The van der Waals surface area contributed by atoms with Crippen molar-refractivity contribution in [3.05, 3.63) is 71.3 Å². The Kier molecular flexibility index (Phi) is 8.49. The fraction of sp³-hybridized carbons (Fsp3) is 0.407. The van der Waals surface area contributed by atoms with Crippen LogP contribution in [0.15, 0.2) is 59.5 Å². The molecule has 8 heteroatoms. The van der Waals surface area contributed by atoms with Crippen LogP contribution in [-0.4, -0.2) is 57.4 Å². The van der Waals surface area contributed by atoms with Gasteiger partial charge in [-0.15, -0.1) is 0 Å². The number of sulfonamides is 1. The van der Waals surface area contributed by atoms with Gasteiger partial charge in [0.15, 0.2) is 12.4 Å². The topological polar surface area (TPSA) is 90.0 Å². The number of carbonyl (C=O) groups is 2. The molecule has 1 aliphatic carbocycles. The Hall–Kier alpha value is -2.81. The maximum atomic E-state index is 12.7. The number of hydrogen-bond donors (Lipinski definition) is 0. The Labute approximate surface area is 206 Å². The minimum atomic E-state index is -3.56. The quantitative estimate of drug-likeness (QED) is 0.309. The molecule has 0 spiro atoms. The standard InChI is InChI=1S/C27H31NO6S/c29-26(24-11-9-23(10-12-24)22-4-2-1-3-5-22)20-34-27(30)15-8-21-6-13-25(14-7-21)35(31,32)28-16-18-33-19-17-28/h6-15,22H,1-5,16-20H2/b15-8+. The van der Waals surface area contributed by atoms with E-state index >= 15 is 0 Å². The molecular formula is C27H31NO6S. The van der Waals surface area contributed by atoms with E-state index in [1.54, 1.807) is 12.1 Å². The van der Waals surface area contributed by atoms with Crippen LogP contribution in [0.25, 0.3) is 6.08 Å². The third kappa shape index (κ3) is 6.66. The average molecular weight is 498 g/mol. The molecule has 0 bridgehead atoms. The SMILES string of the molecule is O=C(/C=C/c1ccc(S(=O)(=O)N2CCOCC2)cc1)OCC(=O)c1ccc(C2CCCCC2)cc1. The highest BCUT2D eigenvalue weighted by Gasteiger charge is 2.26. The van der Waals surface area contributed by atoms with E-state index in [2.05, 4.69) is 0 Å². The van der Waals surface area contributed by atoms with Gasteiger partial charge in [-0.1, -0.05) is 55.7 Å². The molecule has 0 radical (unpaired) electrons.